The number of hydrogen-bond acceptors (Lipinski definition) is 5. The van der Waals surface area contributed by atoms with Gasteiger partial charge in [-0.2, -0.15) is 0 Å². The molecular formula is C24H26N4O3. The van der Waals surface area contributed by atoms with E-state index in [0.29, 0.717) is 6.61 Å². The molecule has 5 rings (SSSR count). The van der Waals surface area contributed by atoms with Crippen molar-refractivity contribution >= 4 is 21.9 Å². The van der Waals surface area contributed by atoms with Gasteiger partial charge >= 0.3 is 0 Å². The van der Waals surface area contributed by atoms with Gasteiger partial charge in [0, 0.05) is 24.5 Å². The Bertz CT molecular complexity index is 1280. The van der Waals surface area contributed by atoms with Crippen LogP contribution in [0.3, 0.4) is 0 Å². The summed E-state index contributed by atoms with van der Waals surface area (Å²) in [6, 6.07) is 17.2. The fourth-order valence-corrected chi connectivity index (χ4v) is 4.30. The molecule has 0 saturated carbocycles. The van der Waals surface area contributed by atoms with Gasteiger partial charge in [0.05, 0.1) is 24.7 Å². The van der Waals surface area contributed by atoms with Crippen LogP contribution in [0.15, 0.2) is 59.4 Å². The SMILES string of the molecule is COc1cccc2c1nc1n2CCN(CCCCOn2c(=O)ccc3ccccc32)C1. The molecule has 4 aromatic rings. The average Bonchev–Trinajstić information content (AvgIpc) is 3.18. The van der Waals surface area contributed by atoms with Crippen LogP contribution in [0.5, 0.6) is 5.75 Å². The Balaban J connectivity index is 1.17. The third-order valence-electron chi connectivity index (χ3n) is 5.90. The second-order valence-electron chi connectivity index (χ2n) is 7.85. The van der Waals surface area contributed by atoms with Crippen LogP contribution >= 0.6 is 0 Å². The number of benzene rings is 2. The summed E-state index contributed by atoms with van der Waals surface area (Å²) in [5, 5.41) is 0.995. The van der Waals surface area contributed by atoms with Crippen molar-refractivity contribution in [2.75, 3.05) is 26.8 Å². The predicted molar refractivity (Wildman–Crippen MR) is 120 cm³/mol. The smallest absolute Gasteiger partial charge is 0.283 e. The predicted octanol–water partition coefficient (Wildman–Crippen LogP) is 3.08. The lowest BCUT2D eigenvalue weighted by Crippen LogP contribution is -2.34. The average molecular weight is 418 g/mol. The number of unbranched alkanes of at least 4 members (excludes halogenated alkanes) is 1. The highest BCUT2D eigenvalue weighted by atomic mass is 16.7. The van der Waals surface area contributed by atoms with E-state index in [1.807, 2.05) is 42.5 Å². The molecule has 0 radical (unpaired) electrons. The number of fused-ring (bicyclic) bond motifs is 4. The number of nitrogens with zero attached hydrogens (tertiary/aromatic N) is 4. The van der Waals surface area contributed by atoms with Crippen molar-refractivity contribution < 1.29 is 9.57 Å². The van der Waals surface area contributed by atoms with Crippen LogP contribution in [-0.2, 0) is 13.1 Å². The van der Waals surface area contributed by atoms with E-state index in [1.165, 1.54) is 4.73 Å². The van der Waals surface area contributed by atoms with Crippen LogP contribution < -0.4 is 15.1 Å². The second kappa shape index (κ2) is 8.43. The quantitative estimate of drug-likeness (QED) is 0.432. The van der Waals surface area contributed by atoms with Gasteiger partial charge in [0.25, 0.3) is 5.56 Å². The summed E-state index contributed by atoms with van der Waals surface area (Å²) in [7, 11) is 1.69. The van der Waals surface area contributed by atoms with E-state index < -0.39 is 0 Å². The van der Waals surface area contributed by atoms with Crippen LogP contribution in [0.4, 0.5) is 0 Å². The summed E-state index contributed by atoms with van der Waals surface area (Å²) in [6.45, 7) is 4.26. The molecule has 7 heteroatoms. The van der Waals surface area contributed by atoms with Gasteiger partial charge < -0.3 is 14.1 Å². The fourth-order valence-electron chi connectivity index (χ4n) is 4.30. The minimum absolute atomic E-state index is 0.135. The van der Waals surface area contributed by atoms with Crippen molar-refractivity contribution in [3.8, 4) is 5.75 Å². The van der Waals surface area contributed by atoms with Crippen LogP contribution in [0.1, 0.15) is 18.7 Å². The molecule has 2 aromatic heterocycles. The fraction of sp³-hybridized carbons (Fsp3) is 0.333. The summed E-state index contributed by atoms with van der Waals surface area (Å²) in [4.78, 5) is 25.3. The summed E-state index contributed by atoms with van der Waals surface area (Å²) < 4.78 is 9.17. The van der Waals surface area contributed by atoms with E-state index in [4.69, 9.17) is 14.6 Å². The zero-order chi connectivity index (χ0) is 21.2. The van der Waals surface area contributed by atoms with Crippen LogP contribution in [0.2, 0.25) is 0 Å². The Morgan fingerprint density at radius 1 is 0.968 bits per heavy atom. The summed E-state index contributed by atoms with van der Waals surface area (Å²) >= 11 is 0. The first-order chi connectivity index (χ1) is 15.2. The first-order valence-corrected chi connectivity index (χ1v) is 10.7. The molecule has 0 spiro atoms. The van der Waals surface area contributed by atoms with E-state index in [1.54, 1.807) is 13.2 Å². The van der Waals surface area contributed by atoms with Gasteiger partial charge in [-0.3, -0.25) is 9.69 Å². The van der Waals surface area contributed by atoms with Crippen molar-refractivity contribution in [1.29, 1.82) is 0 Å². The maximum Gasteiger partial charge on any atom is 0.283 e. The van der Waals surface area contributed by atoms with Gasteiger partial charge in [0.15, 0.2) is 0 Å². The number of methoxy groups -OCH3 is 1. The Hall–Kier alpha value is -3.32. The summed E-state index contributed by atoms with van der Waals surface area (Å²) in [6.07, 6.45) is 1.89. The number of pyridine rings is 1. The maximum atomic E-state index is 12.2. The third kappa shape index (κ3) is 3.77. The molecule has 0 atom stereocenters. The Labute approximate surface area is 180 Å². The number of para-hydroxylation sites is 2. The number of rotatable bonds is 7. The lowest BCUT2D eigenvalue weighted by molar-refractivity contribution is 0.105. The van der Waals surface area contributed by atoms with Crippen molar-refractivity contribution in [2.45, 2.75) is 25.9 Å². The van der Waals surface area contributed by atoms with Gasteiger partial charge in [-0.15, -0.1) is 4.73 Å². The van der Waals surface area contributed by atoms with Gasteiger partial charge in [-0.1, -0.05) is 24.3 Å². The highest BCUT2D eigenvalue weighted by Gasteiger charge is 2.21. The Morgan fingerprint density at radius 2 is 1.84 bits per heavy atom. The zero-order valence-electron chi connectivity index (χ0n) is 17.7. The minimum Gasteiger partial charge on any atom is -0.494 e. The van der Waals surface area contributed by atoms with Crippen molar-refractivity contribution in [1.82, 2.24) is 19.2 Å². The minimum atomic E-state index is -0.135. The molecule has 3 heterocycles. The molecule has 1 aliphatic rings. The molecule has 0 fully saturated rings. The molecule has 2 aromatic carbocycles. The molecule has 1 aliphatic heterocycles. The van der Waals surface area contributed by atoms with Gasteiger partial charge in [-0.25, -0.2) is 4.98 Å². The maximum absolute atomic E-state index is 12.2. The summed E-state index contributed by atoms with van der Waals surface area (Å²) in [5.41, 5.74) is 2.75. The number of hydrogen-bond donors (Lipinski definition) is 0. The van der Waals surface area contributed by atoms with Gasteiger partial charge in [0.2, 0.25) is 0 Å². The number of ether oxygens (including phenoxy) is 1. The third-order valence-corrected chi connectivity index (χ3v) is 5.90. The number of aromatic nitrogens is 3. The normalized spacial score (nSPS) is 14.1. The number of imidazole rings is 1. The first kappa shape index (κ1) is 19.6. The molecule has 0 unspecified atom stereocenters. The lowest BCUT2D eigenvalue weighted by Gasteiger charge is -2.27. The molecule has 31 heavy (non-hydrogen) atoms. The van der Waals surface area contributed by atoms with Crippen LogP contribution in [0, 0.1) is 0 Å². The second-order valence-corrected chi connectivity index (χ2v) is 7.85. The Morgan fingerprint density at radius 3 is 2.74 bits per heavy atom. The molecule has 0 N–H and O–H groups in total. The first-order valence-electron chi connectivity index (χ1n) is 10.7. The molecule has 0 saturated heterocycles. The van der Waals surface area contributed by atoms with E-state index in [-0.39, 0.29) is 5.56 Å². The standard InChI is InChI=1S/C24H26N4O3/c1-30-21-10-6-9-20-24(21)25-22-17-26(14-15-27(20)22)13-4-5-16-31-28-19-8-3-2-7-18(19)11-12-23(28)29/h2-3,6-12H,4-5,13-17H2,1H3. The van der Waals surface area contributed by atoms with Crippen LogP contribution in [-0.4, -0.2) is 46.0 Å². The molecule has 0 aliphatic carbocycles. The highest BCUT2D eigenvalue weighted by Crippen LogP contribution is 2.27. The zero-order valence-corrected chi connectivity index (χ0v) is 17.7. The molecule has 160 valence electrons. The van der Waals surface area contributed by atoms with E-state index in [9.17, 15) is 4.79 Å². The van der Waals surface area contributed by atoms with Crippen molar-refractivity contribution in [3.63, 3.8) is 0 Å². The largest absolute Gasteiger partial charge is 0.494 e. The molecule has 7 nitrogen and oxygen atoms in total. The highest BCUT2D eigenvalue weighted by molar-refractivity contribution is 5.82. The lowest BCUT2D eigenvalue weighted by atomic mass is 10.2. The molecule has 0 amide bonds. The van der Waals surface area contributed by atoms with Crippen molar-refractivity contribution in [3.05, 3.63) is 70.8 Å². The van der Waals surface area contributed by atoms with Crippen LogP contribution in [0.25, 0.3) is 21.9 Å². The Kier molecular flexibility index (Phi) is 5.34. The van der Waals surface area contributed by atoms with Gasteiger partial charge in [0.1, 0.15) is 23.7 Å². The molecule has 0 bridgehead atoms. The van der Waals surface area contributed by atoms with E-state index >= 15 is 0 Å². The monoisotopic (exact) mass is 418 g/mol. The van der Waals surface area contributed by atoms with Crippen molar-refractivity contribution in [2.24, 2.45) is 0 Å². The van der Waals surface area contributed by atoms with Gasteiger partial charge in [-0.05, 0) is 43.7 Å². The summed E-state index contributed by atoms with van der Waals surface area (Å²) in [5.74, 6) is 1.91. The molecular weight excluding hydrogens is 392 g/mol. The van der Waals surface area contributed by atoms with E-state index in [0.717, 1.165) is 72.5 Å². The topological polar surface area (TPSA) is 61.5 Å². The van der Waals surface area contributed by atoms with E-state index in [2.05, 4.69) is 15.5 Å².